The smallest absolute Gasteiger partial charge is 0.117 e. The van der Waals surface area contributed by atoms with Crippen molar-refractivity contribution in [3.8, 4) is 0 Å². The zero-order valence-electron chi connectivity index (χ0n) is 9.60. The van der Waals surface area contributed by atoms with Crippen molar-refractivity contribution in [2.45, 2.75) is 0 Å². The van der Waals surface area contributed by atoms with Crippen molar-refractivity contribution in [3.63, 3.8) is 0 Å². The molecule has 20 heavy (non-hydrogen) atoms. The summed E-state index contributed by atoms with van der Waals surface area (Å²) < 4.78 is 0. The van der Waals surface area contributed by atoms with Gasteiger partial charge in [-0.25, -0.2) is 10.2 Å². The molecule has 0 atom stereocenters. The van der Waals surface area contributed by atoms with Crippen LogP contribution in [0.5, 0.6) is 0 Å². The van der Waals surface area contributed by atoms with Gasteiger partial charge in [0.25, 0.3) is 0 Å². The number of nitrogens with zero attached hydrogens (tertiary/aromatic N) is 10. The standard InChI is InChI=1S/C2N10.5H2O.2O.U/c3(1-5-9-10-6-1)4-2-7-11-12-8-2;;;;;;;;/h;5*1H2;;;/q-2;;;;;;2*-2;/p+4/b4-3+;;;;;;;;. The fourth-order valence-electron chi connectivity index (χ4n) is 0.449. The zero-order chi connectivity index (χ0) is 8.23. The topological polar surface area (TPSA) is 351 Å². The summed E-state index contributed by atoms with van der Waals surface area (Å²) in [6.07, 6.45) is 0. The third-order valence-corrected chi connectivity index (χ3v) is 0.846. The van der Waals surface area contributed by atoms with Crippen molar-refractivity contribution in [2.75, 3.05) is 0 Å². The molecule has 17 nitrogen and oxygen atoms in total. The number of tetrazole rings is 2. The third kappa shape index (κ3) is 13.0. The molecule has 2 aromatic heterocycles. The number of hydrogen-bond acceptors (Lipinski definition) is 8. The molecule has 120 valence electrons. The summed E-state index contributed by atoms with van der Waals surface area (Å²) >= 11 is 0. The van der Waals surface area contributed by atoms with Crippen LogP contribution in [0.25, 0.3) is 0 Å². The van der Waals surface area contributed by atoms with Gasteiger partial charge in [0, 0.05) is 31.1 Å². The zero-order valence-corrected chi connectivity index (χ0v) is 13.8. The van der Waals surface area contributed by atoms with E-state index in [1.807, 2.05) is 0 Å². The molecule has 0 aliphatic rings. The van der Waals surface area contributed by atoms with Crippen LogP contribution in [0.3, 0.4) is 0 Å². The predicted octanol–water partition coefficient (Wildman–Crippen LogP) is -6.36. The van der Waals surface area contributed by atoms with Gasteiger partial charge in [-0.3, -0.25) is 20.4 Å². The first-order valence-electron chi connectivity index (χ1n) is 2.74. The second-order valence-corrected chi connectivity index (χ2v) is 1.56. The second-order valence-electron chi connectivity index (χ2n) is 1.56. The summed E-state index contributed by atoms with van der Waals surface area (Å²) in [5.74, 6) is 0.0830. The normalized spacial score (nSPS) is 6.60. The van der Waals surface area contributed by atoms with Crippen LogP contribution in [0.2, 0.25) is 0 Å². The molecule has 0 fully saturated rings. The Bertz CT molecular complexity index is 329. The molecule has 18 heteroatoms. The van der Waals surface area contributed by atoms with Crippen LogP contribution in [0.1, 0.15) is 0 Å². The molecule has 0 spiro atoms. The number of aromatic nitrogens is 8. The van der Waals surface area contributed by atoms with E-state index in [1.54, 1.807) is 0 Å². The summed E-state index contributed by atoms with van der Waals surface area (Å²) in [5.41, 5.74) is 0. The van der Waals surface area contributed by atoms with Crippen LogP contribution in [0.4, 0.5) is 11.9 Å². The fourth-order valence-corrected chi connectivity index (χ4v) is 0.449. The molecule has 0 aromatic carbocycles. The van der Waals surface area contributed by atoms with E-state index in [0.717, 1.165) is 0 Å². The van der Waals surface area contributed by atoms with Crippen molar-refractivity contribution in [1.29, 1.82) is 0 Å². The summed E-state index contributed by atoms with van der Waals surface area (Å²) in [7, 11) is 0. The van der Waals surface area contributed by atoms with E-state index >= 15 is 0 Å². The van der Waals surface area contributed by atoms with Gasteiger partial charge in [-0.1, -0.05) is 0 Å². The Morgan fingerprint density at radius 2 is 1.00 bits per heavy atom. The molecule has 0 bridgehead atoms. The largest absolute Gasteiger partial charge is 2.00 e. The first-order chi connectivity index (χ1) is 5.95. The average molecular weight is 528 g/mol. The van der Waals surface area contributed by atoms with E-state index < -0.39 is 0 Å². The minimum absolute atomic E-state index is 0. The quantitative estimate of drug-likeness (QED) is 0.266. The van der Waals surface area contributed by atoms with Crippen LogP contribution in [-0.2, 0) is 32.9 Å². The molecular formula is C2H14N10O7U-2. The van der Waals surface area contributed by atoms with Crippen molar-refractivity contribution >= 4 is 11.9 Å². The maximum absolute atomic E-state index is 3.48. The van der Waals surface area contributed by atoms with E-state index in [-0.39, 0.29) is 81.3 Å². The number of azo groups is 1. The second kappa shape index (κ2) is 22.7. The predicted molar refractivity (Wildman–Crippen MR) is 54.9 cm³/mol. The first kappa shape index (κ1) is 42.8. The van der Waals surface area contributed by atoms with Crippen molar-refractivity contribution in [2.24, 2.45) is 10.2 Å². The van der Waals surface area contributed by atoms with Gasteiger partial charge < -0.3 is 38.3 Å². The molecule has 0 amide bonds. The van der Waals surface area contributed by atoms with Crippen LogP contribution < -0.4 is 10.2 Å². The van der Waals surface area contributed by atoms with Crippen LogP contribution >= 0.6 is 0 Å². The maximum Gasteiger partial charge on any atom is 0.117 e. The minimum atomic E-state index is 0. The molecule has 14 N–H and O–H groups in total. The molecule has 2 heterocycles. The average Bonchev–Trinajstić information content (AvgIpc) is 2.74. The van der Waals surface area contributed by atoms with Gasteiger partial charge in [0.15, 0.2) is 0 Å². The van der Waals surface area contributed by atoms with Gasteiger partial charge in [0.05, 0.1) is 0 Å². The molecule has 0 unspecified atom stereocenters. The van der Waals surface area contributed by atoms with Gasteiger partial charge in [0.1, 0.15) is 11.9 Å². The Labute approximate surface area is 133 Å². The Hall–Kier alpha value is -1.49. The van der Waals surface area contributed by atoms with E-state index in [1.165, 1.54) is 0 Å². The van der Waals surface area contributed by atoms with E-state index in [9.17, 15) is 0 Å². The molecular weight excluding hydrogens is 514 g/mol. The Morgan fingerprint density at radius 3 is 1.20 bits per heavy atom. The number of rotatable bonds is 2. The van der Waals surface area contributed by atoms with Crippen molar-refractivity contribution < 1.29 is 69.4 Å². The molecule has 0 aliphatic carbocycles. The Kier molecular flexibility index (Phi) is 48.6. The maximum atomic E-state index is 3.48. The molecule has 0 saturated carbocycles. The van der Waals surface area contributed by atoms with E-state index in [0.29, 0.717) is 0 Å². The molecule has 0 radical (unpaired) electrons. The van der Waals surface area contributed by atoms with Gasteiger partial charge in [-0.15, -0.1) is 10.4 Å². The first-order valence-corrected chi connectivity index (χ1v) is 2.74. The summed E-state index contributed by atoms with van der Waals surface area (Å²) in [5, 5.41) is 33.3. The monoisotopic (exact) mass is 528 g/mol. The van der Waals surface area contributed by atoms with Gasteiger partial charge in [-0.2, -0.15) is 10.4 Å². The Morgan fingerprint density at radius 1 is 0.700 bits per heavy atom. The molecule has 2 aromatic rings. The Balaban J connectivity index is -0.0000000422. The van der Waals surface area contributed by atoms with Gasteiger partial charge in [0.2, 0.25) is 0 Å². The molecule has 0 aliphatic heterocycles. The van der Waals surface area contributed by atoms with Gasteiger partial charge in [-0.05, 0) is 0 Å². The number of hydrogen-bond donors (Lipinski definition) is 0. The third-order valence-electron chi connectivity index (χ3n) is 0.846. The molecule has 2 rings (SSSR count). The van der Waals surface area contributed by atoms with Crippen molar-refractivity contribution in [3.05, 3.63) is 0 Å². The SMILES string of the molecule is N(=N\c1nnn[n-]1)/c1nnn[n-]1.O.[O-2].[O-2].[OH3+].[OH3+].[OH3+].[OH3+].[U]. The van der Waals surface area contributed by atoms with Crippen molar-refractivity contribution in [1.82, 2.24) is 41.2 Å². The van der Waals surface area contributed by atoms with Gasteiger partial charge >= 0.3 is 0 Å². The van der Waals surface area contributed by atoms with Crippen LogP contribution in [0.15, 0.2) is 10.2 Å². The molecule has 0 saturated heterocycles. The fraction of sp³-hybridized carbons (Fsp3) is 0. The van der Waals surface area contributed by atoms with E-state index in [2.05, 4.69) is 51.5 Å². The van der Waals surface area contributed by atoms with Crippen LogP contribution in [0, 0.1) is 31.1 Å². The summed E-state index contributed by atoms with van der Waals surface area (Å²) in [4.78, 5) is 0. The summed E-state index contributed by atoms with van der Waals surface area (Å²) in [6, 6.07) is 0. The minimum Gasteiger partial charge on any atom is -2.00 e. The van der Waals surface area contributed by atoms with Crippen LogP contribution in [-0.4, -0.2) is 36.5 Å². The van der Waals surface area contributed by atoms with E-state index in [4.69, 9.17) is 0 Å². The summed E-state index contributed by atoms with van der Waals surface area (Å²) in [6.45, 7) is 0.